The largest absolute Gasteiger partial charge is 0.482 e. The number of carbonyl (C=O) groups excluding carboxylic acids is 1. The molecule has 0 aliphatic carbocycles. The highest BCUT2D eigenvalue weighted by atomic mass is 35.5. The lowest BCUT2D eigenvalue weighted by Crippen LogP contribution is -2.14. The number of aromatic nitrogens is 2. The van der Waals surface area contributed by atoms with Gasteiger partial charge in [-0.25, -0.2) is 4.79 Å². The van der Waals surface area contributed by atoms with Gasteiger partial charge in [0.05, 0.1) is 0 Å². The van der Waals surface area contributed by atoms with Crippen molar-refractivity contribution in [2.75, 3.05) is 6.61 Å². The summed E-state index contributed by atoms with van der Waals surface area (Å²) in [7, 11) is 0. The Morgan fingerprint density at radius 1 is 1.16 bits per heavy atom. The molecule has 3 aromatic rings. The Morgan fingerprint density at radius 3 is 2.68 bits per heavy atom. The minimum absolute atomic E-state index is 0.109. The van der Waals surface area contributed by atoms with E-state index in [2.05, 4.69) is 10.1 Å². The van der Waals surface area contributed by atoms with E-state index >= 15 is 0 Å². The summed E-state index contributed by atoms with van der Waals surface area (Å²) in [6.07, 6.45) is 0. The first-order valence-corrected chi connectivity index (χ1v) is 7.92. The third-order valence-electron chi connectivity index (χ3n) is 3.38. The number of ether oxygens (including phenoxy) is 2. The molecule has 0 atom stereocenters. The maximum atomic E-state index is 11.7. The summed E-state index contributed by atoms with van der Waals surface area (Å²) >= 11 is 5.78. The topological polar surface area (TPSA) is 74.5 Å². The number of hydrogen-bond acceptors (Lipinski definition) is 6. The van der Waals surface area contributed by atoms with Gasteiger partial charge in [0.2, 0.25) is 5.82 Å². The van der Waals surface area contributed by atoms with E-state index < -0.39 is 5.97 Å². The fourth-order valence-electron chi connectivity index (χ4n) is 2.10. The predicted molar refractivity (Wildman–Crippen MR) is 91.2 cm³/mol. The molecule has 0 spiro atoms. The van der Waals surface area contributed by atoms with Crippen molar-refractivity contribution in [1.82, 2.24) is 10.1 Å². The maximum Gasteiger partial charge on any atom is 0.344 e. The minimum atomic E-state index is -0.536. The molecule has 0 N–H and O–H groups in total. The van der Waals surface area contributed by atoms with Crippen molar-refractivity contribution in [2.45, 2.75) is 13.5 Å². The van der Waals surface area contributed by atoms with Gasteiger partial charge in [-0.05, 0) is 36.8 Å². The van der Waals surface area contributed by atoms with Gasteiger partial charge in [0, 0.05) is 10.6 Å². The number of rotatable bonds is 6. The highest BCUT2D eigenvalue weighted by molar-refractivity contribution is 6.30. The summed E-state index contributed by atoms with van der Waals surface area (Å²) in [5.41, 5.74) is 1.90. The fourth-order valence-corrected chi connectivity index (χ4v) is 2.23. The van der Waals surface area contributed by atoms with Crippen molar-refractivity contribution >= 4 is 17.6 Å². The van der Waals surface area contributed by atoms with Crippen molar-refractivity contribution in [3.63, 3.8) is 0 Å². The van der Waals surface area contributed by atoms with Crippen LogP contribution in [0.5, 0.6) is 5.75 Å². The first-order valence-electron chi connectivity index (χ1n) is 7.54. The molecule has 2 aromatic carbocycles. The number of benzene rings is 2. The number of halogens is 1. The Bertz CT molecular complexity index is 862. The van der Waals surface area contributed by atoms with Crippen LogP contribution in [-0.4, -0.2) is 22.7 Å². The van der Waals surface area contributed by atoms with Crippen LogP contribution in [0.1, 0.15) is 11.5 Å². The highest BCUT2D eigenvalue weighted by Gasteiger charge is 2.12. The van der Waals surface area contributed by atoms with E-state index in [0.717, 1.165) is 11.1 Å². The van der Waals surface area contributed by atoms with Gasteiger partial charge in [-0.3, -0.25) is 0 Å². The molecule has 0 saturated heterocycles. The van der Waals surface area contributed by atoms with Crippen LogP contribution in [0, 0.1) is 6.92 Å². The Hall–Kier alpha value is -2.86. The molecule has 1 heterocycles. The van der Waals surface area contributed by atoms with Gasteiger partial charge in [-0.1, -0.05) is 41.0 Å². The second-order valence-electron chi connectivity index (χ2n) is 5.23. The monoisotopic (exact) mass is 358 g/mol. The molecule has 0 unspecified atom stereocenters. The molecular formula is C18H15ClN2O4. The maximum absolute atomic E-state index is 11.7. The average Bonchev–Trinajstić information content (AvgIpc) is 3.08. The SMILES string of the molecule is Cc1ccccc1-c1noc(COC(=O)COc2ccc(Cl)cc2)n1. The van der Waals surface area contributed by atoms with Crippen molar-refractivity contribution in [3.8, 4) is 17.1 Å². The van der Waals surface area contributed by atoms with Gasteiger partial charge >= 0.3 is 5.97 Å². The number of esters is 1. The second kappa shape index (κ2) is 7.81. The van der Waals surface area contributed by atoms with Gasteiger partial charge in [-0.15, -0.1) is 0 Å². The quantitative estimate of drug-likeness (QED) is 0.623. The van der Waals surface area contributed by atoms with E-state index in [1.54, 1.807) is 24.3 Å². The normalized spacial score (nSPS) is 10.5. The van der Waals surface area contributed by atoms with Gasteiger partial charge in [0.15, 0.2) is 13.2 Å². The highest BCUT2D eigenvalue weighted by Crippen LogP contribution is 2.20. The third kappa shape index (κ3) is 4.58. The van der Waals surface area contributed by atoms with Crippen LogP contribution in [0.2, 0.25) is 5.02 Å². The van der Waals surface area contributed by atoms with Crippen LogP contribution in [0.25, 0.3) is 11.4 Å². The van der Waals surface area contributed by atoms with Gasteiger partial charge < -0.3 is 14.0 Å². The standard InChI is InChI=1S/C18H15ClN2O4/c1-12-4-2-3-5-15(12)18-20-16(25-21-18)10-24-17(22)11-23-14-8-6-13(19)7-9-14/h2-9H,10-11H2,1H3. The van der Waals surface area contributed by atoms with Crippen molar-refractivity contribution in [1.29, 1.82) is 0 Å². The predicted octanol–water partition coefficient (Wildman–Crippen LogP) is 3.82. The van der Waals surface area contributed by atoms with Crippen LogP contribution >= 0.6 is 11.6 Å². The Morgan fingerprint density at radius 2 is 1.92 bits per heavy atom. The lowest BCUT2D eigenvalue weighted by Gasteiger charge is -2.05. The second-order valence-corrected chi connectivity index (χ2v) is 5.67. The van der Waals surface area contributed by atoms with Crippen LogP contribution in [0.4, 0.5) is 0 Å². The van der Waals surface area contributed by atoms with E-state index in [-0.39, 0.29) is 19.1 Å². The molecule has 3 rings (SSSR count). The number of aryl methyl sites for hydroxylation is 1. The smallest absolute Gasteiger partial charge is 0.344 e. The van der Waals surface area contributed by atoms with Crippen LogP contribution in [0.15, 0.2) is 53.1 Å². The van der Waals surface area contributed by atoms with E-state index in [9.17, 15) is 4.79 Å². The number of carbonyl (C=O) groups is 1. The summed E-state index contributed by atoms with van der Waals surface area (Å²) < 4.78 is 15.5. The first-order chi connectivity index (χ1) is 12.1. The fraction of sp³-hybridized carbons (Fsp3) is 0.167. The third-order valence-corrected chi connectivity index (χ3v) is 3.63. The first kappa shape index (κ1) is 17.0. The van der Waals surface area contributed by atoms with Crippen molar-refractivity contribution in [2.24, 2.45) is 0 Å². The van der Waals surface area contributed by atoms with Gasteiger partial charge in [-0.2, -0.15) is 4.98 Å². The molecule has 0 amide bonds. The van der Waals surface area contributed by atoms with E-state index in [0.29, 0.717) is 16.6 Å². The summed E-state index contributed by atoms with van der Waals surface area (Å²) in [5.74, 6) is 0.672. The summed E-state index contributed by atoms with van der Waals surface area (Å²) in [4.78, 5) is 16.0. The zero-order valence-corrected chi connectivity index (χ0v) is 14.2. The molecule has 0 aliphatic heterocycles. The zero-order valence-electron chi connectivity index (χ0n) is 13.4. The molecule has 128 valence electrons. The molecule has 0 aliphatic rings. The zero-order chi connectivity index (χ0) is 17.6. The van der Waals surface area contributed by atoms with E-state index in [1.807, 2.05) is 31.2 Å². The van der Waals surface area contributed by atoms with Crippen LogP contribution < -0.4 is 4.74 Å². The molecule has 0 bridgehead atoms. The number of nitrogens with zero attached hydrogens (tertiary/aromatic N) is 2. The lowest BCUT2D eigenvalue weighted by atomic mass is 10.1. The molecule has 0 radical (unpaired) electrons. The number of hydrogen-bond donors (Lipinski definition) is 0. The van der Waals surface area contributed by atoms with Gasteiger partial charge in [0.1, 0.15) is 5.75 Å². The molecule has 1 aromatic heterocycles. The molecule has 7 heteroatoms. The molecular weight excluding hydrogens is 344 g/mol. The Labute approximate surface area is 149 Å². The Kier molecular flexibility index (Phi) is 5.30. The summed E-state index contributed by atoms with van der Waals surface area (Å²) in [6, 6.07) is 14.4. The molecule has 0 fully saturated rings. The molecule has 6 nitrogen and oxygen atoms in total. The lowest BCUT2D eigenvalue weighted by molar-refractivity contribution is -0.148. The van der Waals surface area contributed by atoms with E-state index in [4.69, 9.17) is 25.6 Å². The van der Waals surface area contributed by atoms with Crippen molar-refractivity contribution < 1.29 is 18.8 Å². The summed E-state index contributed by atoms with van der Waals surface area (Å²) in [5, 5.41) is 4.50. The van der Waals surface area contributed by atoms with Crippen molar-refractivity contribution in [3.05, 3.63) is 65.0 Å². The summed E-state index contributed by atoms with van der Waals surface area (Å²) in [6.45, 7) is 1.63. The minimum Gasteiger partial charge on any atom is -0.482 e. The molecule has 0 saturated carbocycles. The molecule has 25 heavy (non-hydrogen) atoms. The van der Waals surface area contributed by atoms with E-state index in [1.165, 1.54) is 0 Å². The average molecular weight is 359 g/mol. The Balaban J connectivity index is 1.51. The van der Waals surface area contributed by atoms with Crippen LogP contribution in [0.3, 0.4) is 0 Å². The van der Waals surface area contributed by atoms with Crippen LogP contribution in [-0.2, 0) is 16.1 Å². The van der Waals surface area contributed by atoms with Gasteiger partial charge in [0.25, 0.3) is 5.89 Å².